The molecule has 0 aliphatic carbocycles. The van der Waals surface area contributed by atoms with Crippen LogP contribution in [0.4, 0.5) is 15.8 Å². The second-order valence-corrected chi connectivity index (χ2v) is 10.5. The van der Waals surface area contributed by atoms with Crippen LogP contribution in [0.2, 0.25) is 0 Å². The van der Waals surface area contributed by atoms with Crippen molar-refractivity contribution in [2.45, 2.75) is 31.8 Å². The molecule has 2 fully saturated rings. The summed E-state index contributed by atoms with van der Waals surface area (Å²) in [5.41, 5.74) is 3.00. The zero-order chi connectivity index (χ0) is 27.0. The van der Waals surface area contributed by atoms with E-state index < -0.39 is 0 Å². The first-order chi connectivity index (χ1) is 19.1. The van der Waals surface area contributed by atoms with Crippen LogP contribution in [0.15, 0.2) is 73.1 Å². The molecule has 1 aromatic heterocycles. The molecule has 39 heavy (non-hydrogen) atoms. The quantitative estimate of drug-likeness (QED) is 0.434. The van der Waals surface area contributed by atoms with Gasteiger partial charge in [-0.2, -0.15) is 0 Å². The van der Waals surface area contributed by atoms with Gasteiger partial charge in [0.05, 0.1) is 12.8 Å². The lowest BCUT2D eigenvalue weighted by Crippen LogP contribution is -2.56. The fourth-order valence-electron chi connectivity index (χ4n) is 6.01. The number of benzene rings is 2. The summed E-state index contributed by atoms with van der Waals surface area (Å²) in [6, 6.07) is 18.7. The minimum Gasteiger partial charge on any atom is -0.495 e. The van der Waals surface area contributed by atoms with E-state index >= 15 is 0 Å². The van der Waals surface area contributed by atoms with Crippen LogP contribution in [0.1, 0.15) is 24.8 Å². The highest BCUT2D eigenvalue weighted by Gasteiger charge is 2.35. The van der Waals surface area contributed by atoms with Gasteiger partial charge in [-0.25, -0.2) is 4.39 Å². The third-order valence-corrected chi connectivity index (χ3v) is 7.99. The van der Waals surface area contributed by atoms with Crippen molar-refractivity contribution in [2.24, 2.45) is 5.92 Å². The molecule has 0 unspecified atom stereocenters. The van der Waals surface area contributed by atoms with Gasteiger partial charge in [-0.3, -0.25) is 19.6 Å². The first-order valence-electron chi connectivity index (χ1n) is 13.9. The molecule has 3 aromatic rings. The SMILES string of the molecule is COc1ccccc1N1CCN([C@@H]2CCN(Cc3cccnc3)C[C@@H]2CCC(=O)Nc2ccc(F)cc2)CC1. The number of nitrogens with zero attached hydrogens (tertiary/aromatic N) is 4. The first kappa shape index (κ1) is 27.1. The standard InChI is InChI=1S/C31H38FN5O2/c1-39-30-7-3-2-6-29(30)37-19-17-36(18-20-37)28-14-16-35(22-24-5-4-15-33-21-24)23-25(28)8-13-31(38)34-27-11-9-26(32)10-12-27/h2-7,9-12,15,21,25,28H,8,13-14,16-20,22-23H2,1H3,(H,34,38)/t25-,28+/m0/s1. The van der Waals surface area contributed by atoms with E-state index in [-0.39, 0.29) is 11.7 Å². The number of piperidine rings is 1. The van der Waals surface area contributed by atoms with Gasteiger partial charge in [-0.15, -0.1) is 0 Å². The monoisotopic (exact) mass is 531 g/mol. The molecule has 2 aliphatic rings. The summed E-state index contributed by atoms with van der Waals surface area (Å²) in [5, 5.41) is 2.93. The Kier molecular flexibility index (Phi) is 9.06. The van der Waals surface area contributed by atoms with Crippen molar-refractivity contribution in [3.63, 3.8) is 0 Å². The molecule has 0 radical (unpaired) electrons. The summed E-state index contributed by atoms with van der Waals surface area (Å²) in [4.78, 5) is 24.6. The van der Waals surface area contributed by atoms with Gasteiger partial charge in [0.2, 0.25) is 5.91 Å². The van der Waals surface area contributed by atoms with E-state index in [0.717, 1.165) is 70.1 Å². The van der Waals surface area contributed by atoms with Gasteiger partial charge in [0.1, 0.15) is 11.6 Å². The molecule has 2 aromatic carbocycles. The topological polar surface area (TPSA) is 60.9 Å². The summed E-state index contributed by atoms with van der Waals surface area (Å²) in [6.07, 6.45) is 6.09. The van der Waals surface area contributed by atoms with Crippen LogP contribution in [0.5, 0.6) is 5.75 Å². The molecule has 7 nitrogen and oxygen atoms in total. The molecular weight excluding hydrogens is 493 g/mol. The van der Waals surface area contributed by atoms with Crippen molar-refractivity contribution in [2.75, 3.05) is 56.6 Å². The summed E-state index contributed by atoms with van der Waals surface area (Å²) in [7, 11) is 1.73. The summed E-state index contributed by atoms with van der Waals surface area (Å²) in [5.74, 6) is 0.968. The summed E-state index contributed by atoms with van der Waals surface area (Å²) >= 11 is 0. The van der Waals surface area contributed by atoms with E-state index in [1.54, 1.807) is 19.2 Å². The number of piperazine rings is 1. The number of hydrogen-bond acceptors (Lipinski definition) is 6. The number of para-hydroxylation sites is 2. The summed E-state index contributed by atoms with van der Waals surface area (Å²) < 4.78 is 18.9. The number of carbonyl (C=O) groups is 1. The number of anilines is 2. The first-order valence-corrected chi connectivity index (χ1v) is 13.9. The van der Waals surface area contributed by atoms with Gasteiger partial charge in [-0.05, 0) is 73.3 Å². The largest absolute Gasteiger partial charge is 0.495 e. The third kappa shape index (κ3) is 7.13. The molecule has 1 amide bonds. The van der Waals surface area contributed by atoms with E-state index in [4.69, 9.17) is 4.74 Å². The Hall–Kier alpha value is -3.49. The van der Waals surface area contributed by atoms with Crippen LogP contribution >= 0.6 is 0 Å². The van der Waals surface area contributed by atoms with Crippen LogP contribution in [0, 0.1) is 11.7 Å². The molecule has 206 valence electrons. The van der Waals surface area contributed by atoms with E-state index in [1.807, 2.05) is 30.6 Å². The van der Waals surface area contributed by atoms with Crippen LogP contribution in [0.25, 0.3) is 0 Å². The molecule has 2 saturated heterocycles. The number of hydrogen-bond donors (Lipinski definition) is 1. The average Bonchev–Trinajstić information content (AvgIpc) is 2.98. The van der Waals surface area contributed by atoms with Crippen molar-refractivity contribution in [1.29, 1.82) is 0 Å². The number of rotatable bonds is 9. The van der Waals surface area contributed by atoms with E-state index in [1.165, 1.54) is 17.7 Å². The van der Waals surface area contributed by atoms with Crippen LogP contribution in [0.3, 0.4) is 0 Å². The Morgan fingerprint density at radius 2 is 1.82 bits per heavy atom. The van der Waals surface area contributed by atoms with Crippen molar-refractivity contribution < 1.29 is 13.9 Å². The smallest absolute Gasteiger partial charge is 0.224 e. The number of nitrogens with one attached hydrogen (secondary N) is 1. The van der Waals surface area contributed by atoms with E-state index in [0.29, 0.717) is 24.1 Å². The molecule has 5 rings (SSSR count). The minimum absolute atomic E-state index is 0.0225. The maximum absolute atomic E-state index is 13.3. The average molecular weight is 532 g/mol. The van der Waals surface area contributed by atoms with Crippen molar-refractivity contribution in [3.05, 3.63) is 84.4 Å². The molecule has 0 bridgehead atoms. The van der Waals surface area contributed by atoms with Crippen molar-refractivity contribution >= 4 is 17.3 Å². The fraction of sp³-hybridized carbons (Fsp3) is 0.419. The fourth-order valence-corrected chi connectivity index (χ4v) is 6.01. The van der Waals surface area contributed by atoms with Crippen molar-refractivity contribution in [1.82, 2.24) is 14.8 Å². The Morgan fingerprint density at radius 3 is 2.56 bits per heavy atom. The zero-order valence-electron chi connectivity index (χ0n) is 22.6. The van der Waals surface area contributed by atoms with Gasteiger partial charge in [0.15, 0.2) is 0 Å². The normalized spacial score (nSPS) is 20.5. The molecular formula is C31H38FN5O2. The van der Waals surface area contributed by atoms with Crippen molar-refractivity contribution in [3.8, 4) is 5.75 Å². The van der Waals surface area contributed by atoms with Crippen LogP contribution in [-0.4, -0.2) is 73.1 Å². The number of ether oxygens (including phenoxy) is 1. The third-order valence-electron chi connectivity index (χ3n) is 7.99. The lowest BCUT2D eigenvalue weighted by atomic mass is 9.86. The Bertz CT molecular complexity index is 1200. The molecule has 2 aliphatic heterocycles. The molecule has 0 saturated carbocycles. The number of carbonyl (C=O) groups excluding carboxylic acids is 1. The molecule has 8 heteroatoms. The van der Waals surface area contributed by atoms with E-state index in [9.17, 15) is 9.18 Å². The number of likely N-dealkylation sites (tertiary alicyclic amines) is 1. The Balaban J connectivity index is 1.22. The predicted octanol–water partition coefficient (Wildman–Crippen LogP) is 4.66. The number of methoxy groups -OCH3 is 1. The lowest BCUT2D eigenvalue weighted by molar-refractivity contribution is -0.116. The van der Waals surface area contributed by atoms with Gasteiger partial charge < -0.3 is 15.0 Å². The molecule has 2 atom stereocenters. The number of aromatic nitrogens is 1. The molecule has 0 spiro atoms. The molecule has 1 N–H and O–H groups in total. The van der Waals surface area contributed by atoms with Gasteiger partial charge in [-0.1, -0.05) is 18.2 Å². The number of amides is 1. The second-order valence-electron chi connectivity index (χ2n) is 10.5. The van der Waals surface area contributed by atoms with Crippen LogP contribution in [-0.2, 0) is 11.3 Å². The van der Waals surface area contributed by atoms with Gasteiger partial charge >= 0.3 is 0 Å². The highest BCUT2D eigenvalue weighted by molar-refractivity contribution is 5.90. The molecule has 3 heterocycles. The summed E-state index contributed by atoms with van der Waals surface area (Å²) in [6.45, 7) is 6.75. The second kappa shape index (κ2) is 13.0. The lowest BCUT2D eigenvalue weighted by Gasteiger charge is -2.47. The minimum atomic E-state index is -0.308. The Morgan fingerprint density at radius 1 is 1.03 bits per heavy atom. The van der Waals surface area contributed by atoms with E-state index in [2.05, 4.69) is 43.2 Å². The number of halogens is 1. The number of pyridine rings is 1. The maximum atomic E-state index is 13.3. The Labute approximate surface area is 230 Å². The van der Waals surface area contributed by atoms with Gasteiger partial charge in [0.25, 0.3) is 0 Å². The zero-order valence-corrected chi connectivity index (χ0v) is 22.6. The highest BCUT2D eigenvalue weighted by atomic mass is 19.1. The predicted molar refractivity (Wildman–Crippen MR) is 152 cm³/mol. The van der Waals surface area contributed by atoms with Crippen LogP contribution < -0.4 is 15.0 Å². The van der Waals surface area contributed by atoms with Gasteiger partial charge in [0, 0.05) is 69.8 Å². The maximum Gasteiger partial charge on any atom is 0.224 e. The highest BCUT2D eigenvalue weighted by Crippen LogP contribution is 2.32.